The SMILES string of the molecule is CC(c1nc2ccccc2c(=O)[nH]1)N(C)Cc1cccc(Cl)c1. The van der Waals surface area contributed by atoms with Gasteiger partial charge in [-0.1, -0.05) is 35.9 Å². The van der Waals surface area contributed by atoms with E-state index in [4.69, 9.17) is 11.6 Å². The topological polar surface area (TPSA) is 49.0 Å². The minimum absolute atomic E-state index is 0.0220. The molecular formula is C18H18ClN3O. The van der Waals surface area contributed by atoms with Crippen LogP contribution >= 0.6 is 11.6 Å². The molecule has 0 aliphatic heterocycles. The van der Waals surface area contributed by atoms with Gasteiger partial charge in [0.15, 0.2) is 0 Å². The zero-order chi connectivity index (χ0) is 16.4. The lowest BCUT2D eigenvalue weighted by Crippen LogP contribution is -2.26. The molecule has 118 valence electrons. The number of fused-ring (bicyclic) bond motifs is 1. The maximum Gasteiger partial charge on any atom is 0.258 e. The third kappa shape index (κ3) is 3.44. The molecule has 0 saturated heterocycles. The standard InChI is InChI=1S/C18H18ClN3O/c1-12(22(2)11-13-6-5-7-14(19)10-13)17-20-16-9-4-3-8-15(16)18(23)21-17/h3-10,12H,11H2,1-2H3,(H,20,21,23). The Balaban J connectivity index is 1.87. The van der Waals surface area contributed by atoms with E-state index in [9.17, 15) is 4.79 Å². The summed E-state index contributed by atoms with van der Waals surface area (Å²) in [6.07, 6.45) is 0. The van der Waals surface area contributed by atoms with E-state index in [2.05, 4.69) is 14.9 Å². The smallest absolute Gasteiger partial charge is 0.258 e. The molecule has 1 heterocycles. The highest BCUT2D eigenvalue weighted by atomic mass is 35.5. The van der Waals surface area contributed by atoms with Gasteiger partial charge in [0.2, 0.25) is 0 Å². The average Bonchev–Trinajstić information content (AvgIpc) is 2.54. The lowest BCUT2D eigenvalue weighted by Gasteiger charge is -2.24. The van der Waals surface area contributed by atoms with Crippen LogP contribution in [0.25, 0.3) is 10.9 Å². The van der Waals surface area contributed by atoms with Crippen LogP contribution in [0.15, 0.2) is 53.3 Å². The lowest BCUT2D eigenvalue weighted by atomic mass is 10.1. The summed E-state index contributed by atoms with van der Waals surface area (Å²) in [5.41, 5.74) is 1.73. The Bertz CT molecular complexity index is 891. The number of nitrogens with one attached hydrogen (secondary N) is 1. The Morgan fingerprint density at radius 1 is 1.22 bits per heavy atom. The third-order valence-electron chi connectivity index (χ3n) is 4.01. The fourth-order valence-electron chi connectivity index (χ4n) is 2.57. The van der Waals surface area contributed by atoms with E-state index in [0.717, 1.165) is 17.1 Å². The fraction of sp³-hybridized carbons (Fsp3) is 0.222. The molecule has 0 amide bonds. The van der Waals surface area contributed by atoms with Crippen LogP contribution in [0.1, 0.15) is 24.4 Å². The molecule has 0 bridgehead atoms. The molecule has 2 aromatic carbocycles. The maximum atomic E-state index is 12.2. The van der Waals surface area contributed by atoms with Crippen LogP contribution in [0.4, 0.5) is 0 Å². The van der Waals surface area contributed by atoms with Crippen LogP contribution in [-0.2, 0) is 6.54 Å². The molecule has 4 nitrogen and oxygen atoms in total. The van der Waals surface area contributed by atoms with E-state index in [1.807, 2.05) is 56.4 Å². The summed E-state index contributed by atoms with van der Waals surface area (Å²) in [4.78, 5) is 21.8. The number of halogens is 1. The molecule has 1 atom stereocenters. The molecule has 0 spiro atoms. The van der Waals surface area contributed by atoms with Gasteiger partial charge in [-0.25, -0.2) is 4.98 Å². The molecule has 3 rings (SSSR count). The maximum absolute atomic E-state index is 12.2. The molecule has 0 aliphatic rings. The van der Waals surface area contributed by atoms with E-state index < -0.39 is 0 Å². The van der Waals surface area contributed by atoms with E-state index in [1.54, 1.807) is 6.07 Å². The van der Waals surface area contributed by atoms with Crippen molar-refractivity contribution >= 4 is 22.5 Å². The van der Waals surface area contributed by atoms with Crippen LogP contribution in [0.5, 0.6) is 0 Å². The Hall–Kier alpha value is -2.17. The summed E-state index contributed by atoms with van der Waals surface area (Å²) in [5.74, 6) is 0.665. The van der Waals surface area contributed by atoms with Gasteiger partial charge in [-0.15, -0.1) is 0 Å². The van der Waals surface area contributed by atoms with Gasteiger partial charge in [0, 0.05) is 11.6 Å². The first-order valence-electron chi connectivity index (χ1n) is 7.48. The predicted molar refractivity (Wildman–Crippen MR) is 93.7 cm³/mol. The molecule has 0 aliphatic carbocycles. The number of para-hydroxylation sites is 1. The molecule has 23 heavy (non-hydrogen) atoms. The van der Waals surface area contributed by atoms with Crippen LogP contribution in [0.2, 0.25) is 5.02 Å². The Kier molecular flexibility index (Phi) is 4.46. The summed E-state index contributed by atoms with van der Waals surface area (Å²) in [5, 5.41) is 1.33. The minimum Gasteiger partial charge on any atom is -0.309 e. The highest BCUT2D eigenvalue weighted by Gasteiger charge is 2.16. The van der Waals surface area contributed by atoms with E-state index >= 15 is 0 Å². The summed E-state index contributed by atoms with van der Waals surface area (Å²) in [7, 11) is 2.00. The van der Waals surface area contributed by atoms with E-state index in [1.165, 1.54) is 0 Å². The van der Waals surface area contributed by atoms with Gasteiger partial charge in [-0.05, 0) is 43.8 Å². The molecule has 0 saturated carbocycles. The largest absolute Gasteiger partial charge is 0.309 e. The number of nitrogens with zero attached hydrogens (tertiary/aromatic N) is 2. The number of benzene rings is 2. The van der Waals surface area contributed by atoms with Gasteiger partial charge in [-0.3, -0.25) is 9.69 Å². The number of hydrogen-bond acceptors (Lipinski definition) is 3. The summed E-state index contributed by atoms with van der Waals surface area (Å²) < 4.78 is 0. The van der Waals surface area contributed by atoms with Gasteiger partial charge in [0.1, 0.15) is 5.82 Å². The first-order chi connectivity index (χ1) is 11.0. The van der Waals surface area contributed by atoms with Crippen LogP contribution in [-0.4, -0.2) is 21.9 Å². The van der Waals surface area contributed by atoms with Gasteiger partial charge in [-0.2, -0.15) is 0 Å². The molecule has 0 fully saturated rings. The number of aromatic nitrogens is 2. The summed E-state index contributed by atoms with van der Waals surface area (Å²) >= 11 is 6.03. The van der Waals surface area contributed by atoms with E-state index in [-0.39, 0.29) is 11.6 Å². The minimum atomic E-state index is -0.103. The Labute approximate surface area is 139 Å². The lowest BCUT2D eigenvalue weighted by molar-refractivity contribution is 0.244. The quantitative estimate of drug-likeness (QED) is 0.793. The highest BCUT2D eigenvalue weighted by Crippen LogP contribution is 2.19. The van der Waals surface area contributed by atoms with Gasteiger partial charge in [0.25, 0.3) is 5.56 Å². The monoisotopic (exact) mass is 327 g/mol. The van der Waals surface area contributed by atoms with Crippen molar-refractivity contribution < 1.29 is 0 Å². The van der Waals surface area contributed by atoms with Crippen molar-refractivity contribution in [2.45, 2.75) is 19.5 Å². The second-order valence-corrected chi connectivity index (χ2v) is 6.13. The van der Waals surface area contributed by atoms with Crippen LogP contribution in [0, 0.1) is 0 Å². The van der Waals surface area contributed by atoms with Gasteiger partial charge in [0.05, 0.1) is 16.9 Å². The van der Waals surface area contributed by atoms with Crippen molar-refractivity contribution in [2.75, 3.05) is 7.05 Å². The van der Waals surface area contributed by atoms with Crippen molar-refractivity contribution in [2.24, 2.45) is 0 Å². The van der Waals surface area contributed by atoms with Crippen molar-refractivity contribution in [3.63, 3.8) is 0 Å². The van der Waals surface area contributed by atoms with Crippen molar-refractivity contribution in [1.82, 2.24) is 14.9 Å². The average molecular weight is 328 g/mol. The summed E-state index contributed by atoms with van der Waals surface area (Å²) in [6.45, 7) is 2.75. The predicted octanol–water partition coefficient (Wildman–Crippen LogP) is 3.77. The molecular weight excluding hydrogens is 310 g/mol. The molecule has 1 unspecified atom stereocenters. The molecule has 1 N–H and O–H groups in total. The van der Waals surface area contributed by atoms with Crippen molar-refractivity contribution in [3.8, 4) is 0 Å². The van der Waals surface area contributed by atoms with Crippen molar-refractivity contribution in [3.05, 3.63) is 75.3 Å². The van der Waals surface area contributed by atoms with Crippen LogP contribution in [0.3, 0.4) is 0 Å². The zero-order valence-corrected chi connectivity index (χ0v) is 13.8. The molecule has 0 radical (unpaired) electrons. The number of rotatable bonds is 4. The summed E-state index contributed by atoms with van der Waals surface area (Å²) in [6, 6.07) is 15.1. The molecule has 1 aromatic heterocycles. The number of H-pyrrole nitrogens is 1. The number of hydrogen-bond donors (Lipinski definition) is 1. The second-order valence-electron chi connectivity index (χ2n) is 5.69. The van der Waals surface area contributed by atoms with Crippen LogP contribution < -0.4 is 5.56 Å². The molecule has 5 heteroatoms. The highest BCUT2D eigenvalue weighted by molar-refractivity contribution is 6.30. The van der Waals surface area contributed by atoms with Gasteiger partial charge < -0.3 is 4.98 Å². The number of aromatic amines is 1. The second kappa shape index (κ2) is 6.52. The Morgan fingerprint density at radius 3 is 2.78 bits per heavy atom. The third-order valence-corrected chi connectivity index (χ3v) is 4.24. The van der Waals surface area contributed by atoms with Gasteiger partial charge >= 0.3 is 0 Å². The first-order valence-corrected chi connectivity index (χ1v) is 7.86. The van der Waals surface area contributed by atoms with Crippen molar-refractivity contribution in [1.29, 1.82) is 0 Å². The Morgan fingerprint density at radius 2 is 2.00 bits per heavy atom. The molecule has 3 aromatic rings. The first kappa shape index (κ1) is 15.7. The normalized spacial score (nSPS) is 12.7. The fourth-order valence-corrected chi connectivity index (χ4v) is 2.78. The van der Waals surface area contributed by atoms with E-state index in [0.29, 0.717) is 16.7 Å². The zero-order valence-electron chi connectivity index (χ0n) is 13.1.